The summed E-state index contributed by atoms with van der Waals surface area (Å²) >= 11 is 0. The maximum absolute atomic E-state index is 13.0. The summed E-state index contributed by atoms with van der Waals surface area (Å²) in [5, 5.41) is 9.29. The molecule has 0 radical (unpaired) electrons. The number of aliphatic imine (C=N–C) groups is 1. The average Bonchev–Trinajstić information content (AvgIpc) is 3.26. The SMILES string of the molecule is CCCCN=C(N)c1ccc(-c2ccc(OC[C@@H]3C[C@@H](CC(=O)O)C(=O)N3CCCc3ccccc3)cc2)cc1. The smallest absolute Gasteiger partial charge is 0.304 e. The normalized spacial score (nSPS) is 17.3. The molecule has 210 valence electrons. The summed E-state index contributed by atoms with van der Waals surface area (Å²) in [5.41, 5.74) is 10.4. The highest BCUT2D eigenvalue weighted by Crippen LogP contribution is 2.29. The van der Waals surface area contributed by atoms with Gasteiger partial charge in [0, 0.05) is 18.7 Å². The van der Waals surface area contributed by atoms with Crippen molar-refractivity contribution in [2.75, 3.05) is 19.7 Å². The summed E-state index contributed by atoms with van der Waals surface area (Å²) in [6.45, 7) is 3.79. The van der Waals surface area contributed by atoms with Crippen LogP contribution in [0.1, 0.15) is 50.2 Å². The predicted molar refractivity (Wildman–Crippen MR) is 158 cm³/mol. The maximum Gasteiger partial charge on any atom is 0.304 e. The zero-order chi connectivity index (χ0) is 28.3. The van der Waals surface area contributed by atoms with E-state index in [1.807, 2.05) is 71.6 Å². The number of aryl methyl sites for hydroxylation is 1. The molecule has 1 fully saturated rings. The first-order valence-corrected chi connectivity index (χ1v) is 14.1. The van der Waals surface area contributed by atoms with Crippen LogP contribution in [0.25, 0.3) is 11.1 Å². The van der Waals surface area contributed by atoms with E-state index < -0.39 is 11.9 Å². The van der Waals surface area contributed by atoms with E-state index in [9.17, 15) is 14.7 Å². The first-order chi connectivity index (χ1) is 19.4. The first-order valence-electron chi connectivity index (χ1n) is 14.1. The van der Waals surface area contributed by atoms with E-state index in [0.717, 1.165) is 48.9 Å². The quantitative estimate of drug-likeness (QED) is 0.158. The number of carboxylic acids is 1. The summed E-state index contributed by atoms with van der Waals surface area (Å²) in [6, 6.07) is 25.9. The minimum Gasteiger partial charge on any atom is -0.491 e. The van der Waals surface area contributed by atoms with Gasteiger partial charge in [0.15, 0.2) is 0 Å². The Morgan fingerprint density at radius 2 is 1.68 bits per heavy atom. The van der Waals surface area contributed by atoms with Crippen molar-refractivity contribution in [3.05, 3.63) is 90.0 Å². The van der Waals surface area contributed by atoms with Crippen LogP contribution in [0.15, 0.2) is 83.9 Å². The molecule has 1 saturated heterocycles. The fourth-order valence-corrected chi connectivity index (χ4v) is 5.12. The summed E-state index contributed by atoms with van der Waals surface area (Å²) in [7, 11) is 0. The van der Waals surface area contributed by atoms with Crippen LogP contribution in [-0.4, -0.2) is 53.5 Å². The number of unbranched alkanes of at least 4 members (excludes halogenated alkanes) is 1. The van der Waals surface area contributed by atoms with Crippen molar-refractivity contribution < 1.29 is 19.4 Å². The van der Waals surface area contributed by atoms with Crippen molar-refractivity contribution in [1.82, 2.24) is 4.90 Å². The van der Waals surface area contributed by atoms with E-state index in [0.29, 0.717) is 31.2 Å². The summed E-state index contributed by atoms with van der Waals surface area (Å²) in [6.07, 6.45) is 4.14. The van der Waals surface area contributed by atoms with Crippen molar-refractivity contribution in [2.24, 2.45) is 16.6 Å². The van der Waals surface area contributed by atoms with Gasteiger partial charge in [-0.25, -0.2) is 0 Å². The van der Waals surface area contributed by atoms with Crippen LogP contribution in [-0.2, 0) is 16.0 Å². The van der Waals surface area contributed by atoms with Gasteiger partial charge in [0.25, 0.3) is 0 Å². The number of rotatable bonds is 14. The molecule has 1 aliphatic rings. The number of carbonyl (C=O) groups is 2. The Balaban J connectivity index is 1.35. The highest BCUT2D eigenvalue weighted by Gasteiger charge is 2.40. The second kappa shape index (κ2) is 14.3. The minimum atomic E-state index is -0.945. The molecule has 0 aromatic heterocycles. The molecule has 0 saturated carbocycles. The van der Waals surface area contributed by atoms with Gasteiger partial charge in [0.2, 0.25) is 5.91 Å². The zero-order valence-corrected chi connectivity index (χ0v) is 23.2. The molecule has 7 nitrogen and oxygen atoms in total. The van der Waals surface area contributed by atoms with Crippen LogP contribution < -0.4 is 10.5 Å². The van der Waals surface area contributed by atoms with Gasteiger partial charge in [0.1, 0.15) is 18.2 Å². The van der Waals surface area contributed by atoms with Crippen molar-refractivity contribution in [3.63, 3.8) is 0 Å². The number of amidine groups is 1. The van der Waals surface area contributed by atoms with Crippen LogP contribution in [0.2, 0.25) is 0 Å². The molecule has 4 rings (SSSR count). The van der Waals surface area contributed by atoms with Crippen molar-refractivity contribution >= 4 is 17.7 Å². The lowest BCUT2D eigenvalue weighted by molar-refractivity contribution is -0.142. The highest BCUT2D eigenvalue weighted by molar-refractivity contribution is 5.97. The van der Waals surface area contributed by atoms with E-state index in [1.54, 1.807) is 0 Å². The number of hydrogen-bond donors (Lipinski definition) is 2. The lowest BCUT2D eigenvalue weighted by Gasteiger charge is -2.25. The van der Waals surface area contributed by atoms with Gasteiger partial charge < -0.3 is 20.5 Å². The molecule has 0 bridgehead atoms. The van der Waals surface area contributed by atoms with Gasteiger partial charge in [-0.3, -0.25) is 14.6 Å². The van der Waals surface area contributed by atoms with E-state index >= 15 is 0 Å². The van der Waals surface area contributed by atoms with Crippen LogP contribution in [0.3, 0.4) is 0 Å². The number of ether oxygens (including phenoxy) is 1. The van der Waals surface area contributed by atoms with E-state index in [4.69, 9.17) is 10.5 Å². The molecule has 3 aromatic rings. The van der Waals surface area contributed by atoms with Crippen molar-refractivity contribution in [3.8, 4) is 16.9 Å². The minimum absolute atomic E-state index is 0.0844. The van der Waals surface area contributed by atoms with Crippen LogP contribution in [0.5, 0.6) is 5.75 Å². The summed E-state index contributed by atoms with van der Waals surface area (Å²) < 4.78 is 6.10. The number of hydrogen-bond acceptors (Lipinski definition) is 4. The number of carboxylic acid groups (broad SMARTS) is 1. The second-order valence-electron chi connectivity index (χ2n) is 10.3. The molecule has 0 unspecified atom stereocenters. The number of nitrogens with two attached hydrogens (primary N) is 1. The number of amides is 1. The number of aliphatic carboxylic acids is 1. The van der Waals surface area contributed by atoms with Gasteiger partial charge in [-0.05, 0) is 54.5 Å². The third kappa shape index (κ3) is 7.94. The molecule has 2 atom stereocenters. The number of benzene rings is 3. The largest absolute Gasteiger partial charge is 0.491 e. The number of nitrogens with zero attached hydrogens (tertiary/aromatic N) is 2. The molecule has 0 spiro atoms. The van der Waals surface area contributed by atoms with Crippen molar-refractivity contribution in [1.29, 1.82) is 0 Å². The predicted octanol–water partition coefficient (Wildman–Crippen LogP) is 5.56. The zero-order valence-electron chi connectivity index (χ0n) is 23.2. The van der Waals surface area contributed by atoms with E-state index in [-0.39, 0.29) is 18.4 Å². The Labute approximate surface area is 236 Å². The van der Waals surface area contributed by atoms with Crippen LogP contribution in [0, 0.1) is 5.92 Å². The number of likely N-dealkylation sites (tertiary alicyclic amines) is 1. The van der Waals surface area contributed by atoms with Crippen molar-refractivity contribution in [2.45, 2.75) is 51.5 Å². The Morgan fingerprint density at radius 3 is 2.33 bits per heavy atom. The average molecular weight is 542 g/mol. The molecular weight excluding hydrogens is 502 g/mol. The molecule has 0 aliphatic carbocycles. The Kier molecular flexibility index (Phi) is 10.3. The molecular formula is C33H39N3O4. The lowest BCUT2D eigenvalue weighted by atomic mass is 10.0. The highest BCUT2D eigenvalue weighted by atomic mass is 16.5. The van der Waals surface area contributed by atoms with Crippen LogP contribution >= 0.6 is 0 Å². The van der Waals surface area contributed by atoms with Crippen LogP contribution in [0.4, 0.5) is 0 Å². The van der Waals surface area contributed by atoms with Gasteiger partial charge >= 0.3 is 5.97 Å². The monoisotopic (exact) mass is 541 g/mol. The van der Waals surface area contributed by atoms with Gasteiger partial charge in [-0.1, -0.05) is 80.1 Å². The standard InChI is InChI=1S/C33H39N3O4/c1-2-3-19-35-32(34)27-13-11-25(12-14-27)26-15-17-30(18-16-26)40-23-29-21-28(22-31(37)38)33(39)36(29)20-7-10-24-8-5-4-6-9-24/h4-6,8-9,11-18,28-29H,2-3,7,10,19-23H2,1H3,(H2,34,35)(H,37,38)/t28-,29-/m0/s1. The third-order valence-corrected chi connectivity index (χ3v) is 7.36. The molecule has 1 aliphatic heterocycles. The van der Waals surface area contributed by atoms with Gasteiger partial charge in [-0.2, -0.15) is 0 Å². The molecule has 40 heavy (non-hydrogen) atoms. The molecule has 7 heteroatoms. The maximum atomic E-state index is 13.0. The molecule has 3 aromatic carbocycles. The molecule has 3 N–H and O–H groups in total. The third-order valence-electron chi connectivity index (χ3n) is 7.36. The fourth-order valence-electron chi connectivity index (χ4n) is 5.12. The fraction of sp³-hybridized carbons (Fsp3) is 0.364. The van der Waals surface area contributed by atoms with E-state index in [2.05, 4.69) is 24.0 Å². The lowest BCUT2D eigenvalue weighted by Crippen LogP contribution is -2.38. The Hall–Kier alpha value is -4.13. The first kappa shape index (κ1) is 28.9. The molecule has 1 amide bonds. The van der Waals surface area contributed by atoms with E-state index in [1.165, 1.54) is 5.56 Å². The van der Waals surface area contributed by atoms with Gasteiger partial charge in [0.05, 0.1) is 18.4 Å². The Bertz CT molecular complexity index is 1270. The molecule has 1 heterocycles. The van der Waals surface area contributed by atoms with Gasteiger partial charge in [-0.15, -0.1) is 0 Å². The summed E-state index contributed by atoms with van der Waals surface area (Å²) in [4.78, 5) is 30.6. The number of carbonyl (C=O) groups excluding carboxylic acids is 1. The topological polar surface area (TPSA) is 105 Å². The Morgan fingerprint density at radius 1 is 1.00 bits per heavy atom. The summed E-state index contributed by atoms with van der Waals surface area (Å²) in [5.74, 6) is -0.253. The second-order valence-corrected chi connectivity index (χ2v) is 10.3.